The molecule has 0 spiro atoms. The Labute approximate surface area is 106 Å². The lowest BCUT2D eigenvalue weighted by Gasteiger charge is -2.04. The molecule has 1 fully saturated rings. The first-order valence-electron chi connectivity index (χ1n) is 6.27. The molecule has 4 nitrogen and oxygen atoms in total. The molecule has 1 amide bonds. The van der Waals surface area contributed by atoms with Gasteiger partial charge in [-0.05, 0) is 24.0 Å². The van der Waals surface area contributed by atoms with Crippen LogP contribution in [0.25, 0.3) is 11.0 Å². The number of nitrogens with one attached hydrogen (secondary N) is 2. The standard InChI is InChI=1S/C14H17N3O/c1-14(2)7-9(14)13(18)15-8-12-16-10-5-3-4-6-11(10)17-12/h3-6,9H,7-8H2,1-2H3,(H,15,18)(H,16,17). The molecule has 1 saturated carbocycles. The van der Waals surface area contributed by atoms with E-state index in [4.69, 9.17) is 0 Å². The number of carbonyl (C=O) groups excluding carboxylic acids is 1. The van der Waals surface area contributed by atoms with Crippen molar-refractivity contribution < 1.29 is 4.79 Å². The molecule has 4 heteroatoms. The molecule has 0 bridgehead atoms. The number of nitrogens with zero attached hydrogens (tertiary/aromatic N) is 1. The van der Waals surface area contributed by atoms with Crippen LogP contribution in [0.15, 0.2) is 24.3 Å². The second-order valence-electron chi connectivity index (χ2n) is 5.66. The average Bonchev–Trinajstić information content (AvgIpc) is 2.82. The SMILES string of the molecule is CC1(C)CC1C(=O)NCc1nc2ccccc2[nH]1. The number of amides is 1. The van der Waals surface area contributed by atoms with Gasteiger partial charge in [0.1, 0.15) is 5.82 Å². The molecule has 1 aliphatic rings. The van der Waals surface area contributed by atoms with Gasteiger partial charge >= 0.3 is 0 Å². The van der Waals surface area contributed by atoms with Crippen LogP contribution < -0.4 is 5.32 Å². The van der Waals surface area contributed by atoms with Crippen molar-refractivity contribution in [2.24, 2.45) is 11.3 Å². The zero-order valence-electron chi connectivity index (χ0n) is 10.7. The number of imidazole rings is 1. The molecule has 2 aromatic rings. The number of fused-ring (bicyclic) bond motifs is 1. The van der Waals surface area contributed by atoms with Crippen molar-refractivity contribution in [2.45, 2.75) is 26.8 Å². The first-order valence-corrected chi connectivity index (χ1v) is 6.27. The normalized spacial score (nSPS) is 20.9. The van der Waals surface area contributed by atoms with Gasteiger partial charge < -0.3 is 10.3 Å². The van der Waals surface area contributed by atoms with Crippen molar-refractivity contribution >= 4 is 16.9 Å². The summed E-state index contributed by atoms with van der Waals surface area (Å²) in [5.41, 5.74) is 2.12. The van der Waals surface area contributed by atoms with Crippen molar-refractivity contribution in [2.75, 3.05) is 0 Å². The minimum absolute atomic E-state index is 0.139. The number of H-pyrrole nitrogens is 1. The Hall–Kier alpha value is -1.84. The highest BCUT2D eigenvalue weighted by atomic mass is 16.2. The van der Waals surface area contributed by atoms with E-state index in [2.05, 4.69) is 29.1 Å². The van der Waals surface area contributed by atoms with Gasteiger partial charge in [0.05, 0.1) is 17.6 Å². The Morgan fingerprint density at radius 2 is 2.22 bits per heavy atom. The van der Waals surface area contributed by atoms with Gasteiger partial charge in [-0.15, -0.1) is 0 Å². The zero-order valence-corrected chi connectivity index (χ0v) is 10.7. The van der Waals surface area contributed by atoms with Gasteiger partial charge in [-0.1, -0.05) is 26.0 Å². The summed E-state index contributed by atoms with van der Waals surface area (Å²) >= 11 is 0. The van der Waals surface area contributed by atoms with Gasteiger partial charge in [0.15, 0.2) is 0 Å². The molecule has 1 aromatic carbocycles. The molecule has 0 radical (unpaired) electrons. The first kappa shape index (κ1) is 11.3. The van der Waals surface area contributed by atoms with Crippen LogP contribution in [0.1, 0.15) is 26.1 Å². The van der Waals surface area contributed by atoms with Crippen molar-refractivity contribution in [1.82, 2.24) is 15.3 Å². The average molecular weight is 243 g/mol. The maximum absolute atomic E-state index is 11.9. The highest BCUT2D eigenvalue weighted by Crippen LogP contribution is 2.51. The fourth-order valence-electron chi connectivity index (χ4n) is 2.30. The number of rotatable bonds is 3. The van der Waals surface area contributed by atoms with Crippen LogP contribution in [0.5, 0.6) is 0 Å². The summed E-state index contributed by atoms with van der Waals surface area (Å²) in [6.07, 6.45) is 0.985. The third-order valence-electron chi connectivity index (χ3n) is 3.70. The van der Waals surface area contributed by atoms with Crippen molar-refractivity contribution in [1.29, 1.82) is 0 Å². The first-order chi connectivity index (χ1) is 8.56. The van der Waals surface area contributed by atoms with Crippen molar-refractivity contribution in [3.05, 3.63) is 30.1 Å². The number of aromatic amines is 1. The summed E-state index contributed by atoms with van der Waals surface area (Å²) in [5, 5.41) is 2.94. The van der Waals surface area contributed by atoms with E-state index in [0.717, 1.165) is 23.3 Å². The summed E-state index contributed by atoms with van der Waals surface area (Å²) in [7, 11) is 0. The molecule has 2 N–H and O–H groups in total. The number of para-hydroxylation sites is 2. The summed E-state index contributed by atoms with van der Waals surface area (Å²) < 4.78 is 0. The summed E-state index contributed by atoms with van der Waals surface area (Å²) in [5.74, 6) is 1.12. The van der Waals surface area contributed by atoms with E-state index >= 15 is 0 Å². The molecule has 18 heavy (non-hydrogen) atoms. The third kappa shape index (κ3) is 1.98. The highest BCUT2D eigenvalue weighted by Gasteiger charge is 2.50. The molecule has 1 aliphatic carbocycles. The molecular formula is C14H17N3O. The number of carbonyl (C=O) groups is 1. The third-order valence-corrected chi connectivity index (χ3v) is 3.70. The van der Waals surface area contributed by atoms with E-state index < -0.39 is 0 Å². The van der Waals surface area contributed by atoms with Gasteiger partial charge in [-0.3, -0.25) is 4.79 Å². The number of hydrogen-bond acceptors (Lipinski definition) is 2. The minimum Gasteiger partial charge on any atom is -0.349 e. The topological polar surface area (TPSA) is 57.8 Å². The molecule has 1 atom stereocenters. The lowest BCUT2D eigenvalue weighted by atomic mass is 10.1. The highest BCUT2D eigenvalue weighted by molar-refractivity contribution is 5.82. The maximum Gasteiger partial charge on any atom is 0.224 e. The molecular weight excluding hydrogens is 226 g/mol. The van der Waals surface area contributed by atoms with Gasteiger partial charge in [0, 0.05) is 5.92 Å². The lowest BCUT2D eigenvalue weighted by molar-refractivity contribution is -0.123. The van der Waals surface area contributed by atoms with E-state index in [1.165, 1.54) is 0 Å². The molecule has 3 rings (SSSR count). The van der Waals surface area contributed by atoms with Gasteiger partial charge in [0.2, 0.25) is 5.91 Å². The molecule has 1 unspecified atom stereocenters. The van der Waals surface area contributed by atoms with E-state index in [1.807, 2.05) is 24.3 Å². The van der Waals surface area contributed by atoms with E-state index in [1.54, 1.807) is 0 Å². The maximum atomic E-state index is 11.9. The smallest absolute Gasteiger partial charge is 0.224 e. The molecule has 0 saturated heterocycles. The van der Waals surface area contributed by atoms with Gasteiger partial charge in [-0.2, -0.15) is 0 Å². The molecule has 94 valence electrons. The molecule has 1 aromatic heterocycles. The van der Waals surface area contributed by atoms with Crippen molar-refractivity contribution in [3.63, 3.8) is 0 Å². The lowest BCUT2D eigenvalue weighted by Crippen LogP contribution is -2.26. The van der Waals surface area contributed by atoms with Gasteiger partial charge in [0.25, 0.3) is 0 Å². The zero-order chi connectivity index (χ0) is 12.8. The van der Waals surface area contributed by atoms with Crippen molar-refractivity contribution in [3.8, 4) is 0 Å². The Morgan fingerprint density at radius 3 is 2.89 bits per heavy atom. The summed E-state index contributed by atoms with van der Waals surface area (Å²) in [6, 6.07) is 7.87. The molecule has 0 aliphatic heterocycles. The predicted octanol–water partition coefficient (Wildman–Crippen LogP) is 2.23. The number of aromatic nitrogens is 2. The summed E-state index contributed by atoms with van der Waals surface area (Å²) in [6.45, 7) is 4.72. The second-order valence-corrected chi connectivity index (χ2v) is 5.66. The van der Waals surface area contributed by atoms with E-state index in [9.17, 15) is 4.79 Å². The van der Waals surface area contributed by atoms with Gasteiger partial charge in [-0.25, -0.2) is 4.98 Å². The van der Waals surface area contributed by atoms with Crippen LogP contribution in [-0.2, 0) is 11.3 Å². The largest absolute Gasteiger partial charge is 0.349 e. The monoisotopic (exact) mass is 243 g/mol. The Morgan fingerprint density at radius 1 is 1.50 bits per heavy atom. The van der Waals surface area contributed by atoms with E-state index in [0.29, 0.717) is 6.54 Å². The number of benzene rings is 1. The van der Waals surface area contributed by atoms with E-state index in [-0.39, 0.29) is 17.2 Å². The van der Waals surface area contributed by atoms with Crippen LogP contribution >= 0.6 is 0 Å². The molecule has 1 heterocycles. The quantitative estimate of drug-likeness (QED) is 0.868. The van der Waals surface area contributed by atoms with Crippen LogP contribution in [0.4, 0.5) is 0 Å². The number of hydrogen-bond donors (Lipinski definition) is 2. The Bertz CT molecular complexity index is 567. The Kier molecular flexibility index (Phi) is 2.40. The van der Waals surface area contributed by atoms with Crippen LogP contribution in [0.3, 0.4) is 0 Å². The fourth-order valence-corrected chi connectivity index (χ4v) is 2.30. The second kappa shape index (κ2) is 3.83. The van der Waals surface area contributed by atoms with Crippen LogP contribution in [-0.4, -0.2) is 15.9 Å². The Balaban J connectivity index is 1.65. The predicted molar refractivity (Wildman–Crippen MR) is 69.8 cm³/mol. The van der Waals surface area contributed by atoms with Crippen LogP contribution in [0.2, 0.25) is 0 Å². The minimum atomic E-state index is 0.139. The van der Waals surface area contributed by atoms with Crippen LogP contribution in [0, 0.1) is 11.3 Å². The fraction of sp³-hybridized carbons (Fsp3) is 0.429. The summed E-state index contributed by atoms with van der Waals surface area (Å²) in [4.78, 5) is 19.5.